The molecule has 0 atom stereocenters. The Morgan fingerprint density at radius 1 is 1.05 bits per heavy atom. The molecule has 0 aromatic heterocycles. The molecular weight excluding hydrogens is 294 g/mol. The van der Waals surface area contributed by atoms with Crippen molar-refractivity contribution in [3.63, 3.8) is 0 Å². The Labute approximate surface area is 126 Å². The first-order valence-corrected chi connectivity index (χ1v) is 8.43. The molecule has 0 aliphatic carbocycles. The summed E-state index contributed by atoms with van der Waals surface area (Å²) >= 11 is 0. The average molecular weight is 319 g/mol. The molecule has 0 spiro atoms. The van der Waals surface area contributed by atoms with Crippen molar-refractivity contribution in [2.24, 2.45) is 0 Å². The van der Waals surface area contributed by atoms with Crippen molar-refractivity contribution < 1.29 is 23.7 Å². The molecule has 0 saturated carbocycles. The number of hydrogen-bond donors (Lipinski definition) is 3. The standard InChI is InChI=1S/C7H8O2S.C6H13NO2.CH4O/c1-10(8,9)7-5-3-2-4-6-7;1-7-4-2-6(8,9)3-5-7;1-2/h2-6H,1H3;8-9H,2-5H2,1H3;2H,1H3. The lowest BCUT2D eigenvalue weighted by atomic mass is 10.1. The van der Waals surface area contributed by atoms with E-state index >= 15 is 0 Å². The van der Waals surface area contributed by atoms with E-state index in [1.807, 2.05) is 7.05 Å². The fraction of sp³-hybridized carbons (Fsp3) is 0.571. The van der Waals surface area contributed by atoms with Gasteiger partial charge in [-0.25, -0.2) is 8.42 Å². The zero-order valence-electron chi connectivity index (χ0n) is 12.7. The molecular formula is C14H25NO5S. The fourth-order valence-electron chi connectivity index (χ4n) is 1.64. The monoisotopic (exact) mass is 319 g/mol. The second kappa shape index (κ2) is 9.11. The second-order valence-electron chi connectivity index (χ2n) is 4.87. The number of aliphatic hydroxyl groups excluding tert-OH is 1. The third kappa shape index (κ3) is 8.79. The van der Waals surface area contributed by atoms with Crippen LogP contribution in [0.3, 0.4) is 0 Å². The van der Waals surface area contributed by atoms with Crippen molar-refractivity contribution in [2.45, 2.75) is 23.5 Å². The molecule has 1 aromatic rings. The van der Waals surface area contributed by atoms with Crippen LogP contribution in [0.5, 0.6) is 0 Å². The van der Waals surface area contributed by atoms with E-state index in [-0.39, 0.29) is 0 Å². The Bertz CT molecular complexity index is 477. The highest BCUT2D eigenvalue weighted by Crippen LogP contribution is 2.16. The van der Waals surface area contributed by atoms with Crippen LogP contribution in [-0.4, -0.2) is 67.9 Å². The van der Waals surface area contributed by atoms with E-state index in [4.69, 9.17) is 15.3 Å². The van der Waals surface area contributed by atoms with Gasteiger partial charge in [0.05, 0.1) is 4.90 Å². The first kappa shape index (κ1) is 20.0. The number of piperidine rings is 1. The lowest BCUT2D eigenvalue weighted by molar-refractivity contribution is -0.187. The van der Waals surface area contributed by atoms with Gasteiger partial charge < -0.3 is 20.2 Å². The first-order chi connectivity index (χ1) is 9.71. The van der Waals surface area contributed by atoms with Crippen molar-refractivity contribution in [2.75, 3.05) is 33.5 Å². The van der Waals surface area contributed by atoms with Crippen LogP contribution >= 0.6 is 0 Å². The highest BCUT2D eigenvalue weighted by Gasteiger charge is 2.27. The van der Waals surface area contributed by atoms with Crippen molar-refractivity contribution in [3.05, 3.63) is 30.3 Å². The van der Waals surface area contributed by atoms with E-state index in [0.717, 1.165) is 20.2 Å². The topological polar surface area (TPSA) is 98.1 Å². The van der Waals surface area contributed by atoms with Gasteiger partial charge >= 0.3 is 0 Å². The molecule has 3 N–H and O–H groups in total. The van der Waals surface area contributed by atoms with Gasteiger partial charge in [-0.05, 0) is 19.2 Å². The molecule has 1 fully saturated rings. The Morgan fingerprint density at radius 2 is 1.48 bits per heavy atom. The minimum absolute atomic E-state index is 0.370. The molecule has 0 radical (unpaired) electrons. The number of likely N-dealkylation sites (tertiary alicyclic amines) is 1. The van der Waals surface area contributed by atoms with Crippen LogP contribution in [0, 0.1) is 0 Å². The zero-order chi connectivity index (χ0) is 16.5. The van der Waals surface area contributed by atoms with Crippen LogP contribution in [0.2, 0.25) is 0 Å². The van der Waals surface area contributed by atoms with E-state index < -0.39 is 15.6 Å². The van der Waals surface area contributed by atoms with Gasteiger partial charge in [0, 0.05) is 39.3 Å². The summed E-state index contributed by atoms with van der Waals surface area (Å²) in [6.07, 6.45) is 2.15. The average Bonchev–Trinajstić information content (AvgIpc) is 2.45. The van der Waals surface area contributed by atoms with Crippen molar-refractivity contribution in [1.82, 2.24) is 4.90 Å². The first-order valence-electron chi connectivity index (χ1n) is 6.54. The van der Waals surface area contributed by atoms with Crippen LogP contribution in [0.4, 0.5) is 0 Å². The summed E-state index contributed by atoms with van der Waals surface area (Å²) in [6.45, 7) is 1.57. The largest absolute Gasteiger partial charge is 0.400 e. The van der Waals surface area contributed by atoms with Crippen LogP contribution in [0.25, 0.3) is 0 Å². The Hall–Kier alpha value is -0.990. The molecule has 6 nitrogen and oxygen atoms in total. The van der Waals surface area contributed by atoms with Gasteiger partial charge in [0.1, 0.15) is 0 Å². The number of rotatable bonds is 1. The van der Waals surface area contributed by atoms with E-state index in [1.54, 1.807) is 30.3 Å². The fourth-order valence-corrected chi connectivity index (χ4v) is 2.30. The third-order valence-corrected chi connectivity index (χ3v) is 4.09. The molecule has 0 bridgehead atoms. The van der Waals surface area contributed by atoms with Gasteiger partial charge in [-0.2, -0.15) is 0 Å². The number of hydrogen-bond acceptors (Lipinski definition) is 6. The minimum atomic E-state index is -3.00. The molecule has 21 heavy (non-hydrogen) atoms. The van der Waals surface area contributed by atoms with Crippen LogP contribution in [0.1, 0.15) is 12.8 Å². The summed E-state index contributed by atoms with van der Waals surface area (Å²) in [5.41, 5.74) is 0. The molecule has 1 aliphatic rings. The Morgan fingerprint density at radius 3 is 1.76 bits per heavy atom. The highest BCUT2D eigenvalue weighted by molar-refractivity contribution is 7.90. The van der Waals surface area contributed by atoms with Crippen molar-refractivity contribution in [3.8, 4) is 0 Å². The molecule has 1 aliphatic heterocycles. The van der Waals surface area contributed by atoms with Gasteiger partial charge in [-0.1, -0.05) is 18.2 Å². The second-order valence-corrected chi connectivity index (χ2v) is 6.89. The molecule has 2 rings (SSSR count). The van der Waals surface area contributed by atoms with Gasteiger partial charge in [-0.15, -0.1) is 0 Å². The molecule has 0 amide bonds. The van der Waals surface area contributed by atoms with E-state index in [2.05, 4.69) is 4.90 Å². The van der Waals surface area contributed by atoms with Crippen molar-refractivity contribution in [1.29, 1.82) is 0 Å². The van der Waals surface area contributed by atoms with Crippen LogP contribution in [0.15, 0.2) is 35.2 Å². The number of aliphatic hydroxyl groups is 3. The predicted molar refractivity (Wildman–Crippen MR) is 81.6 cm³/mol. The van der Waals surface area contributed by atoms with Gasteiger partial charge in [0.2, 0.25) is 0 Å². The van der Waals surface area contributed by atoms with Gasteiger partial charge in [0.15, 0.2) is 15.6 Å². The van der Waals surface area contributed by atoms with E-state index in [9.17, 15) is 8.42 Å². The molecule has 1 heterocycles. The van der Waals surface area contributed by atoms with Gasteiger partial charge in [0.25, 0.3) is 0 Å². The third-order valence-electron chi connectivity index (χ3n) is 2.96. The summed E-state index contributed by atoms with van der Waals surface area (Å²) in [5.74, 6) is -1.38. The number of benzene rings is 1. The quantitative estimate of drug-likeness (QED) is 0.635. The summed E-state index contributed by atoms with van der Waals surface area (Å²) in [7, 11) is -0.0214. The Balaban J connectivity index is 0.000000342. The zero-order valence-corrected chi connectivity index (χ0v) is 13.5. The van der Waals surface area contributed by atoms with E-state index in [0.29, 0.717) is 17.7 Å². The lowest BCUT2D eigenvalue weighted by Gasteiger charge is -2.31. The summed E-state index contributed by atoms with van der Waals surface area (Å²) in [5, 5.41) is 25.0. The summed E-state index contributed by atoms with van der Waals surface area (Å²) in [6, 6.07) is 8.35. The summed E-state index contributed by atoms with van der Waals surface area (Å²) in [4.78, 5) is 2.46. The predicted octanol–water partition coefficient (Wildman–Crippen LogP) is 0.0915. The van der Waals surface area contributed by atoms with E-state index in [1.165, 1.54) is 6.26 Å². The lowest BCUT2D eigenvalue weighted by Crippen LogP contribution is -2.42. The smallest absolute Gasteiger partial charge is 0.175 e. The van der Waals surface area contributed by atoms with Crippen LogP contribution in [-0.2, 0) is 9.84 Å². The Kier molecular flexibility index (Phi) is 8.68. The maximum Gasteiger partial charge on any atom is 0.175 e. The number of nitrogens with zero attached hydrogens (tertiary/aromatic N) is 1. The molecule has 1 aromatic carbocycles. The van der Waals surface area contributed by atoms with Crippen LogP contribution < -0.4 is 0 Å². The molecule has 0 unspecified atom stereocenters. The minimum Gasteiger partial charge on any atom is -0.400 e. The number of sulfone groups is 1. The molecule has 122 valence electrons. The summed E-state index contributed by atoms with van der Waals surface area (Å²) < 4.78 is 21.7. The highest BCUT2D eigenvalue weighted by atomic mass is 32.2. The van der Waals surface area contributed by atoms with Gasteiger partial charge in [-0.3, -0.25) is 0 Å². The molecule has 1 saturated heterocycles. The maximum atomic E-state index is 10.8. The maximum absolute atomic E-state index is 10.8. The SMILES string of the molecule is CN1CCC(O)(O)CC1.CO.CS(=O)(=O)c1ccccc1. The molecule has 7 heteroatoms. The normalized spacial score (nSPS) is 17.8. The van der Waals surface area contributed by atoms with Crippen molar-refractivity contribution >= 4 is 9.84 Å².